The molecule has 0 aromatic carbocycles. The van der Waals surface area contributed by atoms with E-state index in [0.717, 1.165) is 36.0 Å². The molecule has 1 unspecified atom stereocenters. The third-order valence-corrected chi connectivity index (χ3v) is 3.86. The Morgan fingerprint density at radius 2 is 1.76 bits per heavy atom. The van der Waals surface area contributed by atoms with E-state index in [4.69, 9.17) is 0 Å². The van der Waals surface area contributed by atoms with Gasteiger partial charge in [-0.25, -0.2) is 0 Å². The number of hydrogen-bond donors (Lipinski definition) is 0. The summed E-state index contributed by atoms with van der Waals surface area (Å²) in [5.41, 5.74) is 3.47. The molecule has 0 spiro atoms. The van der Waals surface area contributed by atoms with Gasteiger partial charge in [0.15, 0.2) is 0 Å². The molecular weight excluding hydrogens is 323 g/mol. The fraction of sp³-hybridized carbons (Fsp3) is 0.450. The molecule has 0 saturated heterocycles. The number of carbonyl (C=O) groups is 1. The first kappa shape index (κ1) is 23.8. The monoisotopic (exact) mass is 350 g/mol. The SMILES string of the molecule is CC.CCCC(CC)c1ncc(-c2cncc(C)c2)cc1C(=O)[O-].[Na+]. The largest absolute Gasteiger partial charge is 1.00 e. The number of carbonyl (C=O) groups excluding carboxylic acids is 1. The summed E-state index contributed by atoms with van der Waals surface area (Å²) in [7, 11) is 0. The summed E-state index contributed by atoms with van der Waals surface area (Å²) in [6.45, 7) is 10.1. The van der Waals surface area contributed by atoms with E-state index in [9.17, 15) is 9.90 Å². The number of nitrogens with zero attached hydrogens (tertiary/aromatic N) is 2. The van der Waals surface area contributed by atoms with Gasteiger partial charge < -0.3 is 9.90 Å². The van der Waals surface area contributed by atoms with Gasteiger partial charge in [0.25, 0.3) is 0 Å². The van der Waals surface area contributed by atoms with Crippen molar-refractivity contribution in [3.05, 3.63) is 47.5 Å². The fourth-order valence-corrected chi connectivity index (χ4v) is 2.72. The molecule has 0 aliphatic heterocycles. The van der Waals surface area contributed by atoms with E-state index in [1.807, 2.05) is 26.8 Å². The van der Waals surface area contributed by atoms with Crippen LogP contribution in [0.25, 0.3) is 11.1 Å². The molecule has 130 valence electrons. The summed E-state index contributed by atoms with van der Waals surface area (Å²) in [5, 5.41) is 11.5. The number of carboxylic acid groups (broad SMARTS) is 1. The van der Waals surface area contributed by atoms with Crippen molar-refractivity contribution in [1.29, 1.82) is 0 Å². The molecule has 2 rings (SSSR count). The van der Waals surface area contributed by atoms with Crippen LogP contribution in [0.4, 0.5) is 0 Å². The van der Waals surface area contributed by atoms with Crippen LogP contribution in [0.3, 0.4) is 0 Å². The minimum Gasteiger partial charge on any atom is -0.545 e. The Bertz CT molecular complexity index is 674. The van der Waals surface area contributed by atoms with Crippen molar-refractivity contribution in [1.82, 2.24) is 9.97 Å². The molecule has 25 heavy (non-hydrogen) atoms. The van der Waals surface area contributed by atoms with Crippen LogP contribution in [0.5, 0.6) is 0 Å². The second-order valence-corrected chi connectivity index (χ2v) is 5.59. The van der Waals surface area contributed by atoms with Crippen LogP contribution in [0, 0.1) is 6.92 Å². The molecule has 0 amide bonds. The van der Waals surface area contributed by atoms with E-state index in [1.54, 1.807) is 24.7 Å². The van der Waals surface area contributed by atoms with Crippen molar-refractivity contribution in [3.8, 4) is 11.1 Å². The van der Waals surface area contributed by atoms with Gasteiger partial charge in [0.1, 0.15) is 0 Å². The molecule has 0 fully saturated rings. The first-order chi connectivity index (χ1) is 11.6. The number of aromatic nitrogens is 2. The second kappa shape index (κ2) is 12.2. The van der Waals surface area contributed by atoms with Crippen molar-refractivity contribution in [2.75, 3.05) is 0 Å². The number of hydrogen-bond acceptors (Lipinski definition) is 4. The molecule has 0 aliphatic rings. The molecule has 0 aliphatic carbocycles. The van der Waals surface area contributed by atoms with Crippen LogP contribution in [0.1, 0.15) is 74.5 Å². The molecule has 0 bridgehead atoms. The van der Waals surface area contributed by atoms with Crippen LogP contribution in [-0.4, -0.2) is 15.9 Å². The third kappa shape index (κ3) is 6.53. The molecule has 2 heterocycles. The summed E-state index contributed by atoms with van der Waals surface area (Å²) in [6, 6.07) is 3.62. The van der Waals surface area contributed by atoms with Crippen LogP contribution >= 0.6 is 0 Å². The Morgan fingerprint density at radius 3 is 2.28 bits per heavy atom. The average Bonchev–Trinajstić information content (AvgIpc) is 2.61. The standard InChI is InChI=1S/C18H22N2O2.C2H6.Na/c1-4-6-13(5-2)17-16(18(21)22)8-15(11-20-17)14-7-12(3)9-19-10-14;1-2;/h7-11,13H,4-6H2,1-3H3,(H,21,22);1-2H3;/q;;+1/p-1. The Morgan fingerprint density at radius 1 is 1.12 bits per heavy atom. The zero-order valence-electron chi connectivity index (χ0n) is 16.3. The summed E-state index contributed by atoms with van der Waals surface area (Å²) in [6.07, 6.45) is 8.00. The van der Waals surface area contributed by atoms with Gasteiger partial charge in [-0.2, -0.15) is 0 Å². The van der Waals surface area contributed by atoms with Crippen LogP contribution in [0.2, 0.25) is 0 Å². The zero-order chi connectivity index (χ0) is 18.1. The van der Waals surface area contributed by atoms with Crippen molar-refractivity contribution in [3.63, 3.8) is 0 Å². The van der Waals surface area contributed by atoms with Crippen LogP contribution < -0.4 is 34.7 Å². The van der Waals surface area contributed by atoms with Gasteiger partial charge in [-0.15, -0.1) is 0 Å². The Balaban J connectivity index is 0.00000185. The molecule has 0 radical (unpaired) electrons. The topological polar surface area (TPSA) is 65.9 Å². The van der Waals surface area contributed by atoms with E-state index < -0.39 is 5.97 Å². The summed E-state index contributed by atoms with van der Waals surface area (Å²) in [5.74, 6) is -1.01. The van der Waals surface area contributed by atoms with Gasteiger partial charge in [-0.3, -0.25) is 9.97 Å². The maximum Gasteiger partial charge on any atom is 1.00 e. The molecule has 2 aromatic rings. The minimum absolute atomic E-state index is 0. The molecule has 2 aromatic heterocycles. The Hall–Kier alpha value is -1.23. The predicted octanol–water partition coefficient (Wildman–Crippen LogP) is 1.14. The number of aryl methyl sites for hydroxylation is 1. The fourth-order valence-electron chi connectivity index (χ4n) is 2.72. The molecule has 1 atom stereocenters. The van der Waals surface area contributed by atoms with Gasteiger partial charge in [-0.1, -0.05) is 34.1 Å². The van der Waals surface area contributed by atoms with Gasteiger partial charge in [0.05, 0.1) is 11.7 Å². The summed E-state index contributed by atoms with van der Waals surface area (Å²) >= 11 is 0. The number of carboxylic acids is 1. The quantitative estimate of drug-likeness (QED) is 0.733. The predicted molar refractivity (Wildman–Crippen MR) is 95.8 cm³/mol. The van der Waals surface area contributed by atoms with Crippen molar-refractivity contribution < 1.29 is 39.5 Å². The smallest absolute Gasteiger partial charge is 0.545 e. The summed E-state index contributed by atoms with van der Waals surface area (Å²) < 4.78 is 0. The molecule has 0 saturated carbocycles. The van der Waals surface area contributed by atoms with Crippen molar-refractivity contribution in [2.45, 2.75) is 59.8 Å². The number of aromatic carboxylic acids is 1. The average molecular weight is 350 g/mol. The molecular formula is C20H27N2NaO2. The van der Waals surface area contributed by atoms with E-state index in [0.29, 0.717) is 5.69 Å². The Kier molecular flexibility index (Phi) is 11.6. The second-order valence-electron chi connectivity index (χ2n) is 5.59. The van der Waals surface area contributed by atoms with E-state index in [2.05, 4.69) is 23.8 Å². The van der Waals surface area contributed by atoms with E-state index in [1.165, 1.54) is 0 Å². The summed E-state index contributed by atoms with van der Waals surface area (Å²) in [4.78, 5) is 20.1. The molecule has 5 heteroatoms. The van der Waals surface area contributed by atoms with Crippen molar-refractivity contribution in [2.24, 2.45) is 0 Å². The third-order valence-electron chi connectivity index (χ3n) is 3.86. The Labute approximate surface area is 173 Å². The molecule has 4 nitrogen and oxygen atoms in total. The zero-order valence-corrected chi connectivity index (χ0v) is 18.3. The van der Waals surface area contributed by atoms with Gasteiger partial charge >= 0.3 is 29.6 Å². The maximum absolute atomic E-state index is 11.5. The van der Waals surface area contributed by atoms with Crippen LogP contribution in [-0.2, 0) is 0 Å². The van der Waals surface area contributed by atoms with Gasteiger partial charge in [-0.05, 0) is 37.5 Å². The van der Waals surface area contributed by atoms with E-state index in [-0.39, 0.29) is 41.0 Å². The van der Waals surface area contributed by atoms with Crippen molar-refractivity contribution >= 4 is 5.97 Å². The van der Waals surface area contributed by atoms with Gasteiger partial charge in [0, 0.05) is 41.2 Å². The van der Waals surface area contributed by atoms with Crippen LogP contribution in [0.15, 0.2) is 30.7 Å². The first-order valence-corrected chi connectivity index (χ1v) is 8.70. The minimum atomic E-state index is -1.17. The molecule has 0 N–H and O–H groups in total. The number of rotatable bonds is 6. The normalized spacial score (nSPS) is 10.9. The maximum atomic E-state index is 11.5. The number of pyridine rings is 2. The first-order valence-electron chi connectivity index (χ1n) is 8.70. The van der Waals surface area contributed by atoms with E-state index >= 15 is 0 Å². The van der Waals surface area contributed by atoms with Gasteiger partial charge in [0.2, 0.25) is 0 Å².